The molecule has 0 spiro atoms. The number of hydrogen-bond donors (Lipinski definition) is 0. The van der Waals surface area contributed by atoms with Crippen LogP contribution >= 0.6 is 15.9 Å². The van der Waals surface area contributed by atoms with E-state index in [0.29, 0.717) is 12.0 Å². The van der Waals surface area contributed by atoms with Crippen molar-refractivity contribution in [1.29, 1.82) is 0 Å². The second-order valence-electron chi connectivity index (χ2n) is 4.41. The molecule has 0 heterocycles. The van der Waals surface area contributed by atoms with Crippen LogP contribution < -0.4 is 0 Å². The molecule has 0 aliphatic carbocycles. The Labute approximate surface area is 118 Å². The average Bonchev–Trinajstić information content (AvgIpc) is 2.35. The molecule has 19 heavy (non-hydrogen) atoms. The van der Waals surface area contributed by atoms with Crippen LogP contribution in [0.4, 0.5) is 13.2 Å². The Morgan fingerprint density at radius 1 is 1.00 bits per heavy atom. The summed E-state index contributed by atoms with van der Waals surface area (Å²) in [4.78, 5) is -0.219. The molecule has 0 fully saturated rings. The maximum atomic E-state index is 13.6. The number of hydrogen-bond acceptors (Lipinski definition) is 0. The molecule has 0 amide bonds. The molecule has 2 aromatic rings. The standard InChI is InChI=1S/C15H12BrF3/c1-9-2-4-11(17)7-13(9)14(16)6-10-3-5-12(18)8-15(10)19/h2-5,7-8,14H,6H2,1H3. The molecule has 100 valence electrons. The molecule has 0 saturated carbocycles. The van der Waals surface area contributed by atoms with E-state index >= 15 is 0 Å². The van der Waals surface area contributed by atoms with E-state index in [0.717, 1.165) is 17.2 Å². The molecular formula is C15H12BrF3. The van der Waals surface area contributed by atoms with E-state index in [9.17, 15) is 13.2 Å². The van der Waals surface area contributed by atoms with Gasteiger partial charge in [0.15, 0.2) is 0 Å². The number of alkyl halides is 1. The molecule has 0 aliphatic rings. The predicted octanol–water partition coefficient (Wildman–Crippen LogP) is 5.09. The van der Waals surface area contributed by atoms with Gasteiger partial charge in [-0.05, 0) is 48.2 Å². The molecule has 2 aromatic carbocycles. The van der Waals surface area contributed by atoms with Gasteiger partial charge in [-0.1, -0.05) is 28.1 Å². The van der Waals surface area contributed by atoms with E-state index in [2.05, 4.69) is 15.9 Å². The minimum absolute atomic E-state index is 0.219. The molecule has 0 aliphatic heterocycles. The van der Waals surface area contributed by atoms with E-state index < -0.39 is 11.6 Å². The third-order valence-corrected chi connectivity index (χ3v) is 3.81. The lowest BCUT2D eigenvalue weighted by atomic mass is 10.00. The summed E-state index contributed by atoms with van der Waals surface area (Å²) in [5, 5.41) is 0. The molecule has 0 nitrogen and oxygen atoms in total. The van der Waals surface area contributed by atoms with Gasteiger partial charge in [0.1, 0.15) is 17.5 Å². The second kappa shape index (κ2) is 5.78. The van der Waals surface area contributed by atoms with E-state index in [4.69, 9.17) is 0 Å². The molecule has 2 rings (SSSR count). The fourth-order valence-electron chi connectivity index (χ4n) is 1.94. The van der Waals surface area contributed by atoms with Crippen molar-refractivity contribution in [2.75, 3.05) is 0 Å². The molecule has 1 unspecified atom stereocenters. The lowest BCUT2D eigenvalue weighted by Gasteiger charge is -2.14. The summed E-state index contributed by atoms with van der Waals surface area (Å²) in [6.45, 7) is 1.87. The number of aryl methyl sites for hydroxylation is 1. The van der Waals surface area contributed by atoms with Crippen LogP contribution in [0.3, 0.4) is 0 Å². The first kappa shape index (κ1) is 14.1. The molecule has 0 radical (unpaired) electrons. The first-order valence-corrected chi connectivity index (χ1v) is 6.73. The smallest absolute Gasteiger partial charge is 0.129 e. The first-order valence-electron chi connectivity index (χ1n) is 5.81. The SMILES string of the molecule is Cc1ccc(F)cc1C(Br)Cc1ccc(F)cc1F. The minimum atomic E-state index is -0.602. The Hall–Kier alpha value is -1.29. The maximum Gasteiger partial charge on any atom is 0.129 e. The molecule has 0 bridgehead atoms. The largest absolute Gasteiger partial charge is 0.207 e. The fourth-order valence-corrected chi connectivity index (χ4v) is 2.78. The van der Waals surface area contributed by atoms with Crippen LogP contribution in [-0.4, -0.2) is 0 Å². The summed E-state index contributed by atoms with van der Waals surface area (Å²) in [6.07, 6.45) is 0.330. The van der Waals surface area contributed by atoms with Crippen LogP contribution in [0.25, 0.3) is 0 Å². The molecule has 4 heteroatoms. The first-order chi connectivity index (χ1) is 8.97. The Morgan fingerprint density at radius 2 is 1.63 bits per heavy atom. The molecule has 0 N–H and O–H groups in total. The van der Waals surface area contributed by atoms with Crippen molar-refractivity contribution in [2.24, 2.45) is 0 Å². The number of rotatable bonds is 3. The van der Waals surface area contributed by atoms with Crippen molar-refractivity contribution >= 4 is 15.9 Å². The highest BCUT2D eigenvalue weighted by atomic mass is 79.9. The van der Waals surface area contributed by atoms with E-state index in [-0.39, 0.29) is 10.6 Å². The Morgan fingerprint density at radius 3 is 2.32 bits per heavy atom. The highest BCUT2D eigenvalue weighted by Gasteiger charge is 2.14. The summed E-state index contributed by atoms with van der Waals surface area (Å²) in [6, 6.07) is 7.98. The second-order valence-corrected chi connectivity index (χ2v) is 5.51. The van der Waals surface area contributed by atoms with Crippen LogP contribution in [0.15, 0.2) is 36.4 Å². The third-order valence-electron chi connectivity index (χ3n) is 2.99. The van der Waals surface area contributed by atoms with Gasteiger partial charge in [0, 0.05) is 10.9 Å². The van der Waals surface area contributed by atoms with Gasteiger partial charge in [-0.25, -0.2) is 13.2 Å². The summed E-state index contributed by atoms with van der Waals surface area (Å²) >= 11 is 3.43. The van der Waals surface area contributed by atoms with Gasteiger partial charge >= 0.3 is 0 Å². The Balaban J connectivity index is 2.25. The van der Waals surface area contributed by atoms with Crippen LogP contribution in [0, 0.1) is 24.4 Å². The van der Waals surface area contributed by atoms with Gasteiger partial charge in [0.05, 0.1) is 0 Å². The van der Waals surface area contributed by atoms with Gasteiger partial charge in [-0.15, -0.1) is 0 Å². The van der Waals surface area contributed by atoms with Crippen molar-refractivity contribution < 1.29 is 13.2 Å². The highest BCUT2D eigenvalue weighted by Crippen LogP contribution is 2.30. The van der Waals surface area contributed by atoms with Gasteiger partial charge in [-0.3, -0.25) is 0 Å². The van der Waals surface area contributed by atoms with E-state index in [1.165, 1.54) is 24.3 Å². The molecular weight excluding hydrogens is 317 g/mol. The van der Waals surface area contributed by atoms with Gasteiger partial charge < -0.3 is 0 Å². The van der Waals surface area contributed by atoms with Crippen molar-refractivity contribution in [3.8, 4) is 0 Å². The minimum Gasteiger partial charge on any atom is -0.207 e. The lowest BCUT2D eigenvalue weighted by molar-refractivity contribution is 0.571. The van der Waals surface area contributed by atoms with Crippen LogP contribution in [0.1, 0.15) is 21.5 Å². The van der Waals surface area contributed by atoms with Crippen LogP contribution in [0.5, 0.6) is 0 Å². The summed E-state index contributed by atoms with van der Waals surface area (Å²) in [5.41, 5.74) is 2.08. The van der Waals surface area contributed by atoms with Gasteiger partial charge in [0.25, 0.3) is 0 Å². The van der Waals surface area contributed by atoms with E-state index in [1.807, 2.05) is 6.92 Å². The summed E-state index contributed by atoms with van der Waals surface area (Å²) < 4.78 is 39.6. The maximum absolute atomic E-state index is 13.6. The molecule has 0 saturated heterocycles. The zero-order valence-corrected chi connectivity index (χ0v) is 11.8. The van der Waals surface area contributed by atoms with Crippen LogP contribution in [0.2, 0.25) is 0 Å². The highest BCUT2D eigenvalue weighted by molar-refractivity contribution is 9.09. The lowest BCUT2D eigenvalue weighted by Crippen LogP contribution is -2.01. The summed E-state index contributed by atoms with van der Waals surface area (Å²) in [7, 11) is 0. The van der Waals surface area contributed by atoms with Gasteiger partial charge in [0.2, 0.25) is 0 Å². The van der Waals surface area contributed by atoms with Crippen molar-refractivity contribution in [3.05, 3.63) is 70.5 Å². The number of benzene rings is 2. The average molecular weight is 329 g/mol. The Kier molecular flexibility index (Phi) is 4.30. The quantitative estimate of drug-likeness (QED) is 0.688. The zero-order valence-electron chi connectivity index (χ0n) is 10.3. The van der Waals surface area contributed by atoms with Gasteiger partial charge in [-0.2, -0.15) is 0 Å². The molecule has 0 aromatic heterocycles. The Bertz CT molecular complexity index is 596. The van der Waals surface area contributed by atoms with E-state index in [1.54, 1.807) is 6.07 Å². The topological polar surface area (TPSA) is 0 Å². The van der Waals surface area contributed by atoms with Crippen molar-refractivity contribution in [3.63, 3.8) is 0 Å². The third kappa shape index (κ3) is 3.38. The summed E-state index contributed by atoms with van der Waals surface area (Å²) in [5.74, 6) is -1.52. The van der Waals surface area contributed by atoms with Crippen molar-refractivity contribution in [1.82, 2.24) is 0 Å². The monoisotopic (exact) mass is 328 g/mol. The normalized spacial score (nSPS) is 12.5. The predicted molar refractivity (Wildman–Crippen MR) is 72.9 cm³/mol. The zero-order chi connectivity index (χ0) is 14.0. The fraction of sp³-hybridized carbons (Fsp3) is 0.200. The molecule has 1 atom stereocenters. The number of halogens is 4. The van der Waals surface area contributed by atoms with Crippen LogP contribution in [-0.2, 0) is 6.42 Å². The van der Waals surface area contributed by atoms with Crippen molar-refractivity contribution in [2.45, 2.75) is 18.2 Å².